The Bertz CT molecular complexity index is 748. The lowest BCUT2D eigenvalue weighted by molar-refractivity contribution is -0.145. The fourth-order valence-electron chi connectivity index (χ4n) is 4.20. The van der Waals surface area contributed by atoms with Crippen LogP contribution in [-0.2, 0) is 25.5 Å². The number of phenolic OH excluding ortho intramolecular Hbond substituents is 1. The molecule has 2 amide bonds. The van der Waals surface area contributed by atoms with E-state index >= 15 is 0 Å². The number of amides is 2. The van der Waals surface area contributed by atoms with Gasteiger partial charge in [-0.15, -0.1) is 0 Å². The molecule has 1 aliphatic rings. The highest BCUT2D eigenvalue weighted by atomic mass is 16.5. The minimum atomic E-state index is -0.929. The standard InChI is InChI=1S/C24H36N2O6/c1-32-24(31)20(16-17-9-8-12-19(28)15-17)25-23(30)22(18-10-4-2-5-11-18)26-21(29)13-6-3-7-14-27/h8-9,12,15,18,20,22,27-28H,2-7,10-11,13-14,16H2,1H3,(H,25,30)(H,26,29)/t20-,22-/m0/s1. The van der Waals surface area contributed by atoms with E-state index in [0.29, 0.717) is 24.8 Å². The number of aliphatic hydroxyl groups is 1. The van der Waals surface area contributed by atoms with Crippen LogP contribution >= 0.6 is 0 Å². The summed E-state index contributed by atoms with van der Waals surface area (Å²) in [6.45, 7) is 0.100. The lowest BCUT2D eigenvalue weighted by Crippen LogP contribution is -2.55. The molecule has 0 unspecified atom stereocenters. The van der Waals surface area contributed by atoms with Crippen molar-refractivity contribution in [1.82, 2.24) is 10.6 Å². The molecule has 32 heavy (non-hydrogen) atoms. The number of ether oxygens (including phenoxy) is 1. The van der Waals surface area contributed by atoms with E-state index in [2.05, 4.69) is 10.6 Å². The molecule has 1 aromatic carbocycles. The molecule has 0 aliphatic heterocycles. The van der Waals surface area contributed by atoms with Crippen molar-refractivity contribution in [1.29, 1.82) is 0 Å². The lowest BCUT2D eigenvalue weighted by atomic mass is 9.83. The van der Waals surface area contributed by atoms with Crippen LogP contribution in [0, 0.1) is 5.92 Å². The van der Waals surface area contributed by atoms with E-state index in [1.807, 2.05) is 0 Å². The lowest BCUT2D eigenvalue weighted by Gasteiger charge is -2.31. The van der Waals surface area contributed by atoms with Crippen molar-refractivity contribution >= 4 is 17.8 Å². The summed E-state index contributed by atoms with van der Waals surface area (Å²) in [5, 5.41) is 24.3. The molecule has 0 bridgehead atoms. The number of rotatable bonds is 12. The van der Waals surface area contributed by atoms with Gasteiger partial charge in [0.05, 0.1) is 7.11 Å². The zero-order chi connectivity index (χ0) is 23.3. The third kappa shape index (κ3) is 8.49. The molecule has 0 heterocycles. The Labute approximate surface area is 189 Å². The van der Waals surface area contributed by atoms with Crippen LogP contribution in [0.1, 0.15) is 63.4 Å². The van der Waals surface area contributed by atoms with Crippen LogP contribution in [0.5, 0.6) is 5.75 Å². The fraction of sp³-hybridized carbons (Fsp3) is 0.625. The van der Waals surface area contributed by atoms with Gasteiger partial charge in [-0.25, -0.2) is 4.79 Å². The largest absolute Gasteiger partial charge is 0.508 e. The first-order chi connectivity index (χ1) is 15.4. The summed E-state index contributed by atoms with van der Waals surface area (Å²) < 4.78 is 4.87. The van der Waals surface area contributed by atoms with Crippen LogP contribution in [0.15, 0.2) is 24.3 Å². The maximum absolute atomic E-state index is 13.2. The average Bonchev–Trinajstić information content (AvgIpc) is 2.80. The molecule has 0 spiro atoms. The molecule has 178 valence electrons. The number of carbonyl (C=O) groups excluding carboxylic acids is 3. The Morgan fingerprint density at radius 2 is 1.84 bits per heavy atom. The smallest absolute Gasteiger partial charge is 0.328 e. The fourth-order valence-corrected chi connectivity index (χ4v) is 4.20. The first-order valence-electron chi connectivity index (χ1n) is 11.5. The summed E-state index contributed by atoms with van der Waals surface area (Å²) in [7, 11) is 1.26. The second kappa shape index (κ2) is 13.7. The predicted molar refractivity (Wildman–Crippen MR) is 120 cm³/mol. The molecule has 0 radical (unpaired) electrons. The van der Waals surface area contributed by atoms with Crippen molar-refractivity contribution in [2.75, 3.05) is 13.7 Å². The average molecular weight is 449 g/mol. The number of methoxy groups -OCH3 is 1. The first-order valence-corrected chi connectivity index (χ1v) is 11.5. The van der Waals surface area contributed by atoms with E-state index < -0.39 is 24.0 Å². The minimum absolute atomic E-state index is 0.0178. The van der Waals surface area contributed by atoms with Gasteiger partial charge in [-0.2, -0.15) is 0 Å². The van der Waals surface area contributed by atoms with Gasteiger partial charge in [-0.05, 0) is 49.3 Å². The van der Waals surface area contributed by atoms with Crippen molar-refractivity contribution < 1.29 is 29.3 Å². The summed E-state index contributed by atoms with van der Waals surface area (Å²) in [6.07, 6.45) is 7.31. The molecule has 1 aliphatic carbocycles. The van der Waals surface area contributed by atoms with Gasteiger partial charge in [0.2, 0.25) is 11.8 Å². The molecule has 8 nitrogen and oxygen atoms in total. The van der Waals surface area contributed by atoms with E-state index in [4.69, 9.17) is 9.84 Å². The van der Waals surface area contributed by atoms with E-state index in [1.54, 1.807) is 12.1 Å². The Balaban J connectivity index is 2.08. The molecule has 1 fully saturated rings. The summed E-state index contributed by atoms with van der Waals surface area (Å²) in [4.78, 5) is 38.1. The molecule has 8 heteroatoms. The maximum Gasteiger partial charge on any atom is 0.328 e. The number of aliphatic hydroxyl groups excluding tert-OH is 1. The number of esters is 1. The molecule has 2 rings (SSSR count). The number of carbonyl (C=O) groups is 3. The van der Waals surface area contributed by atoms with Crippen molar-refractivity contribution in [3.05, 3.63) is 29.8 Å². The molecule has 1 aromatic rings. The molecule has 0 saturated heterocycles. The number of hydrogen-bond acceptors (Lipinski definition) is 6. The number of hydrogen-bond donors (Lipinski definition) is 4. The second-order valence-corrected chi connectivity index (χ2v) is 8.44. The van der Waals surface area contributed by atoms with Gasteiger partial charge in [-0.3, -0.25) is 9.59 Å². The number of benzene rings is 1. The number of nitrogens with one attached hydrogen (secondary N) is 2. The second-order valence-electron chi connectivity index (χ2n) is 8.44. The van der Waals surface area contributed by atoms with Crippen LogP contribution in [0.2, 0.25) is 0 Å². The van der Waals surface area contributed by atoms with Gasteiger partial charge < -0.3 is 25.6 Å². The van der Waals surface area contributed by atoms with Crippen molar-refractivity contribution in [3.8, 4) is 5.75 Å². The summed E-state index contributed by atoms with van der Waals surface area (Å²) in [5.41, 5.74) is 0.683. The normalized spacial score (nSPS) is 16.1. The molecule has 1 saturated carbocycles. The van der Waals surface area contributed by atoms with Crippen LogP contribution in [0.25, 0.3) is 0 Å². The van der Waals surface area contributed by atoms with Gasteiger partial charge in [-0.1, -0.05) is 37.8 Å². The van der Waals surface area contributed by atoms with E-state index in [9.17, 15) is 19.5 Å². The van der Waals surface area contributed by atoms with Gasteiger partial charge >= 0.3 is 5.97 Å². The Kier molecular flexibility index (Phi) is 11.0. The predicted octanol–water partition coefficient (Wildman–Crippen LogP) is 2.21. The molecular weight excluding hydrogens is 412 g/mol. The Morgan fingerprint density at radius 1 is 1.09 bits per heavy atom. The highest BCUT2D eigenvalue weighted by molar-refractivity contribution is 5.91. The van der Waals surface area contributed by atoms with E-state index in [1.165, 1.54) is 19.2 Å². The quantitative estimate of drug-likeness (QED) is 0.287. The van der Waals surface area contributed by atoms with Crippen LogP contribution in [0.3, 0.4) is 0 Å². The molecule has 4 N–H and O–H groups in total. The Hall–Kier alpha value is -2.61. The van der Waals surface area contributed by atoms with Crippen molar-refractivity contribution in [3.63, 3.8) is 0 Å². The van der Waals surface area contributed by atoms with Crippen LogP contribution in [-0.4, -0.2) is 53.8 Å². The maximum atomic E-state index is 13.2. The summed E-state index contributed by atoms with van der Waals surface area (Å²) in [5.74, 6) is -1.08. The van der Waals surface area contributed by atoms with Gasteiger partial charge in [0.25, 0.3) is 0 Å². The summed E-state index contributed by atoms with van der Waals surface area (Å²) >= 11 is 0. The van der Waals surface area contributed by atoms with Crippen molar-refractivity contribution in [2.24, 2.45) is 5.92 Å². The zero-order valence-electron chi connectivity index (χ0n) is 18.8. The zero-order valence-corrected chi connectivity index (χ0v) is 18.8. The van der Waals surface area contributed by atoms with E-state index in [0.717, 1.165) is 38.5 Å². The highest BCUT2D eigenvalue weighted by Crippen LogP contribution is 2.27. The van der Waals surface area contributed by atoms with Gasteiger partial charge in [0.1, 0.15) is 17.8 Å². The SMILES string of the molecule is COC(=O)[C@H](Cc1cccc(O)c1)NC(=O)[C@@H](NC(=O)CCCCCO)C1CCCCC1. The first kappa shape index (κ1) is 25.6. The van der Waals surface area contributed by atoms with Crippen LogP contribution < -0.4 is 10.6 Å². The Morgan fingerprint density at radius 3 is 2.50 bits per heavy atom. The number of phenols is 1. The van der Waals surface area contributed by atoms with Crippen molar-refractivity contribution in [2.45, 2.75) is 76.3 Å². The monoisotopic (exact) mass is 448 g/mol. The summed E-state index contributed by atoms with van der Waals surface area (Å²) in [6, 6.07) is 4.86. The molecule has 2 atom stereocenters. The number of unbranched alkanes of at least 4 members (excludes halogenated alkanes) is 2. The van der Waals surface area contributed by atoms with Gasteiger partial charge in [0, 0.05) is 19.4 Å². The third-order valence-electron chi connectivity index (χ3n) is 5.93. The van der Waals surface area contributed by atoms with Gasteiger partial charge in [0.15, 0.2) is 0 Å². The molecule has 0 aromatic heterocycles. The highest BCUT2D eigenvalue weighted by Gasteiger charge is 2.33. The third-order valence-corrected chi connectivity index (χ3v) is 5.93. The van der Waals surface area contributed by atoms with E-state index in [-0.39, 0.29) is 30.6 Å². The minimum Gasteiger partial charge on any atom is -0.508 e. The van der Waals surface area contributed by atoms with Crippen LogP contribution in [0.4, 0.5) is 0 Å². The molecular formula is C24H36N2O6. The number of aromatic hydroxyl groups is 1. The topological polar surface area (TPSA) is 125 Å².